The highest BCUT2D eigenvalue weighted by atomic mass is 16.1. The van der Waals surface area contributed by atoms with Crippen LogP contribution in [-0.2, 0) is 13.0 Å². The summed E-state index contributed by atoms with van der Waals surface area (Å²) in [5, 5.41) is 3.10. The molecule has 1 aliphatic rings. The number of aryl methyl sites for hydroxylation is 2. The minimum atomic E-state index is -0.0349. The third-order valence-electron chi connectivity index (χ3n) is 5.48. The smallest absolute Gasteiger partial charge is 0.255 e. The Morgan fingerprint density at radius 3 is 2.46 bits per heavy atom. The van der Waals surface area contributed by atoms with Crippen LogP contribution < -0.4 is 5.32 Å². The summed E-state index contributed by atoms with van der Waals surface area (Å²) >= 11 is 0. The van der Waals surface area contributed by atoms with Gasteiger partial charge in [0.15, 0.2) is 0 Å². The van der Waals surface area contributed by atoms with Gasteiger partial charge in [-0.25, -0.2) is 0 Å². The predicted molar refractivity (Wildman–Crippen MR) is 109 cm³/mol. The molecule has 3 rings (SSSR count). The molecule has 3 heteroatoms. The van der Waals surface area contributed by atoms with E-state index in [1.165, 1.54) is 37.1 Å². The van der Waals surface area contributed by atoms with Crippen molar-refractivity contribution in [3.63, 3.8) is 0 Å². The molecule has 0 saturated carbocycles. The Labute approximate surface area is 157 Å². The van der Waals surface area contributed by atoms with Gasteiger partial charge in [0.05, 0.1) is 0 Å². The normalized spacial score (nSPS) is 15.8. The highest BCUT2D eigenvalue weighted by Crippen LogP contribution is 2.22. The maximum atomic E-state index is 12.7. The molecule has 0 bridgehead atoms. The van der Waals surface area contributed by atoms with E-state index in [-0.39, 0.29) is 5.91 Å². The zero-order valence-corrected chi connectivity index (χ0v) is 16.2. The van der Waals surface area contributed by atoms with E-state index >= 15 is 0 Å². The molecule has 26 heavy (non-hydrogen) atoms. The molecule has 0 radical (unpaired) electrons. The van der Waals surface area contributed by atoms with Gasteiger partial charge in [0, 0.05) is 17.8 Å². The van der Waals surface area contributed by atoms with Crippen LogP contribution in [0.4, 0.5) is 5.69 Å². The number of likely N-dealkylation sites (tertiary alicyclic amines) is 1. The van der Waals surface area contributed by atoms with Crippen LogP contribution >= 0.6 is 0 Å². The van der Waals surface area contributed by atoms with Crippen LogP contribution in [-0.4, -0.2) is 23.9 Å². The number of hydrogen-bond acceptors (Lipinski definition) is 2. The Bertz CT molecular complexity index is 743. The lowest BCUT2D eigenvalue weighted by molar-refractivity contribution is 0.102. The molecule has 1 aliphatic heterocycles. The first-order valence-corrected chi connectivity index (χ1v) is 9.78. The van der Waals surface area contributed by atoms with Gasteiger partial charge in [-0.1, -0.05) is 44.2 Å². The zero-order chi connectivity index (χ0) is 18.5. The topological polar surface area (TPSA) is 32.3 Å². The summed E-state index contributed by atoms with van der Waals surface area (Å²) in [5.41, 5.74) is 5.22. The molecule has 2 aromatic carbocycles. The van der Waals surface area contributed by atoms with Gasteiger partial charge in [-0.15, -0.1) is 0 Å². The van der Waals surface area contributed by atoms with Crippen molar-refractivity contribution in [2.45, 2.75) is 46.6 Å². The molecule has 138 valence electrons. The van der Waals surface area contributed by atoms with Crippen LogP contribution in [0.1, 0.15) is 53.7 Å². The Balaban J connectivity index is 1.64. The number of carbonyl (C=O) groups is 1. The fourth-order valence-corrected chi connectivity index (χ4v) is 3.63. The molecule has 2 aromatic rings. The summed E-state index contributed by atoms with van der Waals surface area (Å²) in [6.45, 7) is 9.82. The van der Waals surface area contributed by atoms with Crippen LogP contribution in [0.25, 0.3) is 0 Å². The van der Waals surface area contributed by atoms with Gasteiger partial charge < -0.3 is 5.32 Å². The van der Waals surface area contributed by atoms with Crippen LogP contribution in [0.15, 0.2) is 42.5 Å². The van der Waals surface area contributed by atoms with Gasteiger partial charge in [-0.3, -0.25) is 9.69 Å². The summed E-state index contributed by atoms with van der Waals surface area (Å²) in [6.07, 6.45) is 3.48. The number of piperidine rings is 1. The van der Waals surface area contributed by atoms with E-state index in [9.17, 15) is 4.79 Å². The first-order valence-electron chi connectivity index (χ1n) is 9.78. The lowest BCUT2D eigenvalue weighted by atomic mass is 9.99. The highest BCUT2D eigenvalue weighted by molar-refractivity contribution is 6.05. The van der Waals surface area contributed by atoms with Gasteiger partial charge in [-0.05, 0) is 74.0 Å². The number of benzene rings is 2. The third kappa shape index (κ3) is 4.53. The lowest BCUT2D eigenvalue weighted by Gasteiger charge is -2.30. The van der Waals surface area contributed by atoms with Crippen molar-refractivity contribution in [1.82, 2.24) is 4.90 Å². The van der Waals surface area contributed by atoms with Crippen LogP contribution in [0.2, 0.25) is 0 Å². The van der Waals surface area contributed by atoms with E-state index in [1.807, 2.05) is 31.2 Å². The number of carbonyl (C=O) groups excluding carboxylic acids is 1. The first-order chi connectivity index (χ1) is 12.6. The number of anilines is 1. The van der Waals surface area contributed by atoms with Crippen molar-refractivity contribution in [1.29, 1.82) is 0 Å². The van der Waals surface area contributed by atoms with Crippen LogP contribution in [0.3, 0.4) is 0 Å². The molecule has 0 aromatic heterocycles. The molecule has 1 N–H and O–H groups in total. The molecule has 1 amide bonds. The van der Waals surface area contributed by atoms with Gasteiger partial charge in [0.25, 0.3) is 5.91 Å². The average molecular weight is 351 g/mol. The second-order valence-electron chi connectivity index (χ2n) is 7.57. The molecule has 1 saturated heterocycles. The number of hydrogen-bond donors (Lipinski definition) is 1. The van der Waals surface area contributed by atoms with Crippen LogP contribution in [0.5, 0.6) is 0 Å². The fraction of sp³-hybridized carbons (Fsp3) is 0.435. The number of rotatable bonds is 5. The van der Waals surface area contributed by atoms with E-state index in [0.717, 1.165) is 30.1 Å². The van der Waals surface area contributed by atoms with Gasteiger partial charge in [0.2, 0.25) is 0 Å². The average Bonchev–Trinajstić information content (AvgIpc) is 2.65. The summed E-state index contributed by atoms with van der Waals surface area (Å²) in [6, 6.07) is 14.2. The Morgan fingerprint density at radius 2 is 1.81 bits per heavy atom. The Kier molecular flexibility index (Phi) is 6.10. The molecular formula is C23H30N2O. The van der Waals surface area contributed by atoms with Crippen molar-refractivity contribution in [3.8, 4) is 0 Å². The molecular weight excluding hydrogens is 320 g/mol. The second kappa shape index (κ2) is 8.50. The van der Waals surface area contributed by atoms with Crippen LogP contribution in [0, 0.1) is 12.8 Å². The van der Waals surface area contributed by atoms with Crippen molar-refractivity contribution < 1.29 is 4.79 Å². The molecule has 0 unspecified atom stereocenters. The Hall–Kier alpha value is -2.13. The monoisotopic (exact) mass is 350 g/mol. The molecule has 1 heterocycles. The highest BCUT2D eigenvalue weighted by Gasteiger charge is 2.16. The van der Waals surface area contributed by atoms with E-state index in [0.29, 0.717) is 5.56 Å². The second-order valence-corrected chi connectivity index (χ2v) is 7.57. The molecule has 3 nitrogen and oxygen atoms in total. The fourth-order valence-electron chi connectivity index (χ4n) is 3.63. The van der Waals surface area contributed by atoms with Crippen molar-refractivity contribution in [2.75, 3.05) is 18.4 Å². The van der Waals surface area contributed by atoms with Crippen molar-refractivity contribution >= 4 is 11.6 Å². The number of nitrogens with zero attached hydrogens (tertiary/aromatic N) is 1. The third-order valence-corrected chi connectivity index (χ3v) is 5.48. The SMILES string of the molecule is CCc1cccc(C)c1NC(=O)c1ccc(CN2CCC(C)CC2)cc1. The molecule has 0 aliphatic carbocycles. The summed E-state index contributed by atoms with van der Waals surface area (Å²) in [5.74, 6) is 0.819. The minimum Gasteiger partial charge on any atom is -0.321 e. The number of nitrogens with one attached hydrogen (secondary N) is 1. The number of amides is 1. The maximum Gasteiger partial charge on any atom is 0.255 e. The number of para-hydroxylation sites is 1. The van der Waals surface area contributed by atoms with E-state index in [4.69, 9.17) is 0 Å². The largest absolute Gasteiger partial charge is 0.321 e. The first kappa shape index (κ1) is 18.7. The van der Waals surface area contributed by atoms with Gasteiger partial charge in [0.1, 0.15) is 0 Å². The van der Waals surface area contributed by atoms with E-state index < -0.39 is 0 Å². The van der Waals surface area contributed by atoms with E-state index in [1.54, 1.807) is 0 Å². The summed E-state index contributed by atoms with van der Waals surface area (Å²) in [4.78, 5) is 15.2. The maximum absolute atomic E-state index is 12.7. The Morgan fingerprint density at radius 1 is 1.12 bits per heavy atom. The standard InChI is InChI=1S/C23H30N2O/c1-4-20-7-5-6-18(3)22(20)24-23(26)21-10-8-19(9-11-21)16-25-14-12-17(2)13-15-25/h5-11,17H,4,12-16H2,1-3H3,(H,24,26). The molecule has 1 fully saturated rings. The van der Waals surface area contributed by atoms with Crippen molar-refractivity contribution in [2.24, 2.45) is 5.92 Å². The lowest BCUT2D eigenvalue weighted by Crippen LogP contribution is -2.32. The van der Waals surface area contributed by atoms with Gasteiger partial charge >= 0.3 is 0 Å². The molecule has 0 spiro atoms. The van der Waals surface area contributed by atoms with E-state index in [2.05, 4.69) is 42.3 Å². The van der Waals surface area contributed by atoms with Gasteiger partial charge in [-0.2, -0.15) is 0 Å². The van der Waals surface area contributed by atoms with Crippen molar-refractivity contribution in [3.05, 3.63) is 64.7 Å². The molecule has 0 atom stereocenters. The predicted octanol–water partition coefficient (Wildman–Crippen LogP) is 5.04. The quantitative estimate of drug-likeness (QED) is 0.819. The minimum absolute atomic E-state index is 0.0349. The summed E-state index contributed by atoms with van der Waals surface area (Å²) in [7, 11) is 0. The zero-order valence-electron chi connectivity index (χ0n) is 16.2. The summed E-state index contributed by atoms with van der Waals surface area (Å²) < 4.78 is 0.